The second-order valence-corrected chi connectivity index (χ2v) is 4.94. The SMILES string of the molecule is COc1ncnc2c1nc(CCCl)n2Cc1nccn1C. The molecule has 0 atom stereocenters. The van der Waals surface area contributed by atoms with Gasteiger partial charge in [-0.25, -0.2) is 15.0 Å². The van der Waals surface area contributed by atoms with Gasteiger partial charge in [0.25, 0.3) is 0 Å². The number of methoxy groups -OCH3 is 1. The fourth-order valence-corrected chi connectivity index (χ4v) is 2.41. The van der Waals surface area contributed by atoms with E-state index in [0.717, 1.165) is 17.3 Å². The first kappa shape index (κ1) is 13.8. The van der Waals surface area contributed by atoms with Crippen molar-refractivity contribution in [1.82, 2.24) is 29.1 Å². The van der Waals surface area contributed by atoms with Crippen molar-refractivity contribution in [3.63, 3.8) is 0 Å². The number of fused-ring (bicyclic) bond motifs is 1. The summed E-state index contributed by atoms with van der Waals surface area (Å²) in [5.41, 5.74) is 1.37. The molecule has 0 aromatic carbocycles. The van der Waals surface area contributed by atoms with E-state index < -0.39 is 0 Å². The molecule has 0 aliphatic carbocycles. The third-order valence-electron chi connectivity index (χ3n) is 3.31. The molecule has 7 nitrogen and oxygen atoms in total. The zero-order valence-electron chi connectivity index (χ0n) is 11.8. The molecule has 21 heavy (non-hydrogen) atoms. The lowest BCUT2D eigenvalue weighted by atomic mass is 10.4. The van der Waals surface area contributed by atoms with Gasteiger partial charge in [-0.3, -0.25) is 0 Å². The number of hydrogen-bond acceptors (Lipinski definition) is 5. The molecular formula is C13H15ClN6O. The molecule has 0 aliphatic heterocycles. The Morgan fingerprint density at radius 3 is 2.76 bits per heavy atom. The van der Waals surface area contributed by atoms with Crippen LogP contribution >= 0.6 is 11.6 Å². The molecular weight excluding hydrogens is 292 g/mol. The predicted molar refractivity (Wildman–Crippen MR) is 78.6 cm³/mol. The van der Waals surface area contributed by atoms with Gasteiger partial charge in [0.05, 0.1) is 13.7 Å². The maximum atomic E-state index is 5.88. The number of aromatic nitrogens is 6. The van der Waals surface area contributed by atoms with Crippen LogP contribution in [0.2, 0.25) is 0 Å². The summed E-state index contributed by atoms with van der Waals surface area (Å²) in [7, 11) is 3.53. The number of rotatable bonds is 5. The molecule has 0 unspecified atom stereocenters. The van der Waals surface area contributed by atoms with Gasteiger partial charge in [-0.05, 0) is 0 Å². The first-order chi connectivity index (χ1) is 10.2. The van der Waals surface area contributed by atoms with Crippen LogP contribution in [0.1, 0.15) is 11.6 Å². The lowest BCUT2D eigenvalue weighted by Gasteiger charge is -2.07. The quantitative estimate of drug-likeness (QED) is 0.666. The van der Waals surface area contributed by atoms with Gasteiger partial charge in [0.15, 0.2) is 11.2 Å². The molecule has 3 heterocycles. The van der Waals surface area contributed by atoms with Gasteiger partial charge in [-0.15, -0.1) is 11.6 Å². The van der Waals surface area contributed by atoms with Crippen molar-refractivity contribution >= 4 is 22.8 Å². The number of nitrogens with zero attached hydrogens (tertiary/aromatic N) is 6. The van der Waals surface area contributed by atoms with Gasteiger partial charge in [-0.1, -0.05) is 0 Å². The number of hydrogen-bond donors (Lipinski definition) is 0. The Balaban J connectivity index is 2.14. The van der Waals surface area contributed by atoms with Crippen LogP contribution in [0, 0.1) is 0 Å². The fraction of sp³-hybridized carbons (Fsp3) is 0.385. The molecule has 3 rings (SSSR count). The number of halogens is 1. The summed E-state index contributed by atoms with van der Waals surface area (Å²) >= 11 is 5.88. The number of aryl methyl sites for hydroxylation is 2. The summed E-state index contributed by atoms with van der Waals surface area (Å²) in [6, 6.07) is 0. The number of ether oxygens (including phenoxy) is 1. The Hall–Kier alpha value is -2.15. The van der Waals surface area contributed by atoms with E-state index in [1.54, 1.807) is 13.3 Å². The van der Waals surface area contributed by atoms with E-state index in [9.17, 15) is 0 Å². The molecule has 0 saturated carbocycles. The van der Waals surface area contributed by atoms with Gasteiger partial charge in [0.2, 0.25) is 5.88 Å². The first-order valence-corrected chi connectivity index (χ1v) is 7.04. The van der Waals surface area contributed by atoms with Crippen LogP contribution in [0.5, 0.6) is 5.88 Å². The van der Waals surface area contributed by atoms with Crippen LogP contribution < -0.4 is 4.74 Å². The maximum Gasteiger partial charge on any atom is 0.245 e. The van der Waals surface area contributed by atoms with Crippen molar-refractivity contribution in [2.75, 3.05) is 13.0 Å². The summed E-state index contributed by atoms with van der Waals surface area (Å²) < 4.78 is 9.22. The minimum Gasteiger partial charge on any atom is -0.479 e. The van der Waals surface area contributed by atoms with Gasteiger partial charge in [0.1, 0.15) is 18.0 Å². The van der Waals surface area contributed by atoms with E-state index in [0.29, 0.717) is 30.2 Å². The van der Waals surface area contributed by atoms with Gasteiger partial charge < -0.3 is 13.9 Å². The number of imidazole rings is 2. The van der Waals surface area contributed by atoms with Crippen molar-refractivity contribution in [1.29, 1.82) is 0 Å². The summed E-state index contributed by atoms with van der Waals surface area (Å²) in [5, 5.41) is 0. The third-order valence-corrected chi connectivity index (χ3v) is 3.50. The van der Waals surface area contributed by atoms with Crippen LogP contribution in [0.3, 0.4) is 0 Å². The lowest BCUT2D eigenvalue weighted by molar-refractivity contribution is 0.401. The zero-order valence-corrected chi connectivity index (χ0v) is 12.6. The minimum absolute atomic E-state index is 0.467. The highest BCUT2D eigenvalue weighted by molar-refractivity contribution is 6.17. The Labute approximate surface area is 126 Å². The molecule has 0 bridgehead atoms. The summed E-state index contributed by atoms with van der Waals surface area (Å²) in [4.78, 5) is 17.3. The van der Waals surface area contributed by atoms with Crippen molar-refractivity contribution < 1.29 is 4.74 Å². The molecule has 8 heteroatoms. The van der Waals surface area contributed by atoms with Crippen LogP contribution in [-0.2, 0) is 20.0 Å². The van der Waals surface area contributed by atoms with Gasteiger partial charge in [0, 0.05) is 31.7 Å². The van der Waals surface area contributed by atoms with E-state index in [4.69, 9.17) is 16.3 Å². The molecule has 0 aliphatic rings. The van der Waals surface area contributed by atoms with Gasteiger partial charge in [-0.2, -0.15) is 4.98 Å². The second-order valence-electron chi connectivity index (χ2n) is 4.56. The largest absolute Gasteiger partial charge is 0.479 e. The van der Waals surface area contributed by atoms with Gasteiger partial charge >= 0.3 is 0 Å². The molecule has 0 amide bonds. The normalized spacial score (nSPS) is 11.2. The molecule has 3 aromatic heterocycles. The monoisotopic (exact) mass is 306 g/mol. The standard InChI is InChI=1S/C13H15ClN6O/c1-19-6-5-15-10(19)7-20-9(3-4-14)18-11-12(20)16-8-17-13(11)21-2/h5-6,8H,3-4,7H2,1-2H3. The maximum absolute atomic E-state index is 5.88. The van der Waals surface area contributed by atoms with Crippen LogP contribution in [0.4, 0.5) is 0 Å². The average molecular weight is 307 g/mol. The molecule has 0 N–H and O–H groups in total. The van der Waals surface area contributed by atoms with Crippen molar-refractivity contribution in [3.8, 4) is 5.88 Å². The Morgan fingerprint density at radius 2 is 2.10 bits per heavy atom. The third kappa shape index (κ3) is 2.44. The first-order valence-electron chi connectivity index (χ1n) is 6.51. The predicted octanol–water partition coefficient (Wildman–Crippen LogP) is 1.40. The summed E-state index contributed by atoms with van der Waals surface area (Å²) in [6.45, 7) is 0.576. The Bertz CT molecular complexity index is 765. The van der Waals surface area contributed by atoms with Crippen LogP contribution in [0.25, 0.3) is 11.2 Å². The summed E-state index contributed by atoms with van der Waals surface area (Å²) in [6.07, 6.45) is 5.80. The molecule has 0 fully saturated rings. The molecule has 0 spiro atoms. The topological polar surface area (TPSA) is 70.7 Å². The average Bonchev–Trinajstić information content (AvgIpc) is 3.05. The smallest absolute Gasteiger partial charge is 0.245 e. The highest BCUT2D eigenvalue weighted by atomic mass is 35.5. The minimum atomic E-state index is 0.467. The van der Waals surface area contributed by atoms with E-state index >= 15 is 0 Å². The van der Waals surface area contributed by atoms with Crippen molar-refractivity contribution in [2.24, 2.45) is 7.05 Å². The van der Waals surface area contributed by atoms with E-state index in [2.05, 4.69) is 19.9 Å². The molecule has 0 saturated heterocycles. The summed E-state index contributed by atoms with van der Waals surface area (Å²) in [5.74, 6) is 2.72. The Kier molecular flexibility index (Phi) is 3.74. The molecule has 3 aromatic rings. The fourth-order valence-electron chi connectivity index (χ4n) is 2.24. The van der Waals surface area contributed by atoms with E-state index in [-0.39, 0.29) is 0 Å². The van der Waals surface area contributed by atoms with E-state index in [1.165, 1.54) is 6.33 Å². The number of alkyl halides is 1. The van der Waals surface area contributed by atoms with Crippen LogP contribution in [0.15, 0.2) is 18.7 Å². The highest BCUT2D eigenvalue weighted by Crippen LogP contribution is 2.22. The molecule has 0 radical (unpaired) electrons. The van der Waals surface area contributed by atoms with Crippen molar-refractivity contribution in [3.05, 3.63) is 30.4 Å². The highest BCUT2D eigenvalue weighted by Gasteiger charge is 2.17. The van der Waals surface area contributed by atoms with Crippen LogP contribution in [-0.4, -0.2) is 42.1 Å². The zero-order chi connectivity index (χ0) is 14.8. The van der Waals surface area contributed by atoms with Crippen molar-refractivity contribution in [2.45, 2.75) is 13.0 Å². The lowest BCUT2D eigenvalue weighted by Crippen LogP contribution is -2.10. The van der Waals surface area contributed by atoms with E-state index in [1.807, 2.05) is 22.4 Å². The second kappa shape index (κ2) is 5.69. The molecule has 110 valence electrons. The Morgan fingerprint density at radius 1 is 1.24 bits per heavy atom.